The summed E-state index contributed by atoms with van der Waals surface area (Å²) in [7, 11) is 2.03. The Bertz CT molecular complexity index is 2580. The first-order valence-electron chi connectivity index (χ1n) is 15.2. The summed E-state index contributed by atoms with van der Waals surface area (Å²) in [5.41, 5.74) is 6.07. The van der Waals surface area contributed by atoms with Crippen molar-refractivity contribution in [2.24, 2.45) is 7.05 Å². The highest BCUT2D eigenvalue weighted by Crippen LogP contribution is 2.35. The van der Waals surface area contributed by atoms with Crippen molar-refractivity contribution in [2.45, 2.75) is 13.8 Å². The molecule has 0 unspecified atom stereocenters. The third kappa shape index (κ3) is 4.25. The Morgan fingerprint density at radius 2 is 1.20 bits per heavy atom. The molecule has 8 aromatic rings. The maximum Gasteiger partial charge on any atom is 0.344 e. The Kier molecular flexibility index (Phi) is 6.13. The van der Waals surface area contributed by atoms with E-state index >= 15 is 0 Å². The minimum Gasteiger partial charge on any atom is -0.422 e. The molecule has 0 radical (unpaired) electrons. The highest BCUT2D eigenvalue weighted by molar-refractivity contribution is 6.11. The zero-order valence-electron chi connectivity index (χ0n) is 25.3. The van der Waals surface area contributed by atoms with Crippen LogP contribution in [0.25, 0.3) is 76.8 Å². The van der Waals surface area contributed by atoms with Crippen LogP contribution in [0.5, 0.6) is 0 Å². The van der Waals surface area contributed by atoms with Crippen LogP contribution in [0.1, 0.15) is 13.8 Å². The monoisotopic (exact) mass is 590 g/mol. The summed E-state index contributed by atoms with van der Waals surface area (Å²) < 4.78 is 13.9. The molecule has 0 spiro atoms. The SMILES string of the molecule is CCN(CC)c1ccc2cc(-c3ccc4c(c3)c3cc(-c5cc6ccc7ccccc7c6oc5=O)ccc3n4C)c(=O)oc2c1. The van der Waals surface area contributed by atoms with E-state index < -0.39 is 0 Å². The molecular weight excluding hydrogens is 560 g/mol. The molecule has 3 heterocycles. The van der Waals surface area contributed by atoms with E-state index in [2.05, 4.69) is 29.4 Å². The molecule has 0 saturated carbocycles. The van der Waals surface area contributed by atoms with Gasteiger partial charge in [-0.15, -0.1) is 0 Å². The van der Waals surface area contributed by atoms with E-state index in [4.69, 9.17) is 8.83 Å². The van der Waals surface area contributed by atoms with E-state index in [-0.39, 0.29) is 11.3 Å². The van der Waals surface area contributed by atoms with Gasteiger partial charge < -0.3 is 18.3 Å². The molecule has 0 bridgehead atoms. The van der Waals surface area contributed by atoms with Crippen LogP contribution in [-0.2, 0) is 7.05 Å². The van der Waals surface area contributed by atoms with Crippen LogP contribution in [0.3, 0.4) is 0 Å². The van der Waals surface area contributed by atoms with Crippen LogP contribution in [-0.4, -0.2) is 17.7 Å². The predicted molar refractivity (Wildman–Crippen MR) is 184 cm³/mol. The number of rotatable bonds is 5. The normalized spacial score (nSPS) is 11.8. The average molecular weight is 591 g/mol. The van der Waals surface area contributed by atoms with Gasteiger partial charge in [0.2, 0.25) is 0 Å². The first-order valence-corrected chi connectivity index (χ1v) is 15.2. The second kappa shape index (κ2) is 10.2. The van der Waals surface area contributed by atoms with Crippen LogP contribution in [0.4, 0.5) is 5.69 Å². The van der Waals surface area contributed by atoms with Crippen molar-refractivity contribution in [3.8, 4) is 22.3 Å². The lowest BCUT2D eigenvalue weighted by atomic mass is 10.00. The molecule has 3 aromatic heterocycles. The van der Waals surface area contributed by atoms with Crippen molar-refractivity contribution in [2.75, 3.05) is 18.0 Å². The molecule has 0 atom stereocenters. The lowest BCUT2D eigenvalue weighted by molar-refractivity contribution is 0.563. The van der Waals surface area contributed by atoms with Crippen molar-refractivity contribution in [1.29, 1.82) is 0 Å². The molecule has 8 rings (SSSR count). The fourth-order valence-electron chi connectivity index (χ4n) is 6.69. The summed E-state index contributed by atoms with van der Waals surface area (Å²) in [4.78, 5) is 28.9. The quantitative estimate of drug-likeness (QED) is 0.148. The zero-order chi connectivity index (χ0) is 30.8. The lowest BCUT2D eigenvalue weighted by Crippen LogP contribution is -2.21. The summed E-state index contributed by atoms with van der Waals surface area (Å²) in [6.07, 6.45) is 0. The first-order chi connectivity index (χ1) is 21.9. The van der Waals surface area contributed by atoms with Crippen molar-refractivity contribution in [1.82, 2.24) is 4.57 Å². The number of benzene rings is 5. The van der Waals surface area contributed by atoms with Crippen molar-refractivity contribution in [3.05, 3.63) is 124 Å². The second-order valence-electron chi connectivity index (χ2n) is 11.5. The van der Waals surface area contributed by atoms with Crippen molar-refractivity contribution >= 4 is 60.2 Å². The van der Waals surface area contributed by atoms with E-state index in [1.165, 1.54) is 0 Å². The third-order valence-corrected chi connectivity index (χ3v) is 9.10. The van der Waals surface area contributed by atoms with Crippen molar-refractivity contribution in [3.63, 3.8) is 0 Å². The molecule has 0 saturated heterocycles. The number of aromatic nitrogens is 1. The summed E-state index contributed by atoms with van der Waals surface area (Å²) >= 11 is 0. The Morgan fingerprint density at radius 3 is 1.89 bits per heavy atom. The van der Waals surface area contributed by atoms with E-state index in [9.17, 15) is 9.59 Å². The summed E-state index contributed by atoms with van der Waals surface area (Å²) in [6.45, 7) is 5.97. The molecular formula is C39H30N2O4. The predicted octanol–water partition coefficient (Wildman–Crippen LogP) is 8.88. The van der Waals surface area contributed by atoms with Crippen LogP contribution >= 0.6 is 0 Å². The largest absolute Gasteiger partial charge is 0.422 e. The van der Waals surface area contributed by atoms with E-state index in [1.54, 1.807) is 0 Å². The van der Waals surface area contributed by atoms with Crippen LogP contribution < -0.4 is 16.2 Å². The molecule has 0 aliphatic heterocycles. The Morgan fingerprint density at radius 1 is 0.600 bits per heavy atom. The summed E-state index contributed by atoms with van der Waals surface area (Å²) in [5, 5.41) is 5.66. The molecule has 0 amide bonds. The van der Waals surface area contributed by atoms with E-state index in [0.29, 0.717) is 22.3 Å². The highest BCUT2D eigenvalue weighted by atomic mass is 16.4. The van der Waals surface area contributed by atoms with Crippen LogP contribution in [0, 0.1) is 0 Å². The molecule has 6 heteroatoms. The van der Waals surface area contributed by atoms with Gasteiger partial charge in [-0.05, 0) is 78.9 Å². The van der Waals surface area contributed by atoms with E-state index in [1.807, 2.05) is 104 Å². The summed E-state index contributed by atoms with van der Waals surface area (Å²) in [6, 6.07) is 33.9. The molecule has 0 fully saturated rings. The average Bonchev–Trinajstić information content (AvgIpc) is 3.34. The molecule has 0 aliphatic rings. The van der Waals surface area contributed by atoms with Gasteiger partial charge in [0.25, 0.3) is 0 Å². The number of aryl methyl sites for hydroxylation is 1. The van der Waals surface area contributed by atoms with Gasteiger partial charge in [-0.2, -0.15) is 0 Å². The number of fused-ring (bicyclic) bond motifs is 7. The lowest BCUT2D eigenvalue weighted by Gasteiger charge is -2.21. The van der Waals surface area contributed by atoms with Crippen molar-refractivity contribution < 1.29 is 8.83 Å². The third-order valence-electron chi connectivity index (χ3n) is 9.10. The van der Waals surface area contributed by atoms with Gasteiger partial charge in [0.1, 0.15) is 11.2 Å². The number of nitrogens with zero attached hydrogens (tertiary/aromatic N) is 2. The number of hydrogen-bond donors (Lipinski definition) is 0. The molecule has 0 N–H and O–H groups in total. The Balaban J connectivity index is 1.27. The molecule has 5 aromatic carbocycles. The standard InChI is InChI=1S/C39H30N2O4/c1-4-41(5-2)28-15-12-26-20-30(38(42)44-36(26)22-28)24-13-16-34-32(18-24)33-19-25(14-17-35(33)40(34)3)31-21-27-11-10-23-8-6-7-9-29(23)37(27)45-39(31)43/h6-22H,4-5H2,1-3H3. The van der Waals surface area contributed by atoms with Crippen LogP contribution in [0.2, 0.25) is 0 Å². The first kappa shape index (κ1) is 27.0. The highest BCUT2D eigenvalue weighted by Gasteiger charge is 2.16. The molecule has 45 heavy (non-hydrogen) atoms. The van der Waals surface area contributed by atoms with Gasteiger partial charge in [-0.3, -0.25) is 0 Å². The molecule has 220 valence electrons. The van der Waals surface area contributed by atoms with E-state index in [0.717, 1.165) is 73.3 Å². The molecule has 6 nitrogen and oxygen atoms in total. The minimum absolute atomic E-state index is 0.374. The topological polar surface area (TPSA) is 68.6 Å². The number of hydrogen-bond acceptors (Lipinski definition) is 5. The van der Waals surface area contributed by atoms with Crippen LogP contribution in [0.15, 0.2) is 122 Å². The zero-order valence-corrected chi connectivity index (χ0v) is 25.3. The maximum atomic E-state index is 13.3. The smallest absolute Gasteiger partial charge is 0.344 e. The molecule has 0 aliphatic carbocycles. The van der Waals surface area contributed by atoms with Gasteiger partial charge in [0.05, 0.1) is 11.1 Å². The van der Waals surface area contributed by atoms with Gasteiger partial charge in [-0.1, -0.05) is 48.5 Å². The summed E-state index contributed by atoms with van der Waals surface area (Å²) in [5.74, 6) is 0. The Labute approximate surface area is 258 Å². The van der Waals surface area contributed by atoms with Gasteiger partial charge in [0, 0.05) is 69.9 Å². The maximum absolute atomic E-state index is 13.3. The van der Waals surface area contributed by atoms with Gasteiger partial charge in [-0.25, -0.2) is 9.59 Å². The minimum atomic E-state index is -0.378. The van der Waals surface area contributed by atoms with Gasteiger partial charge >= 0.3 is 11.3 Å². The van der Waals surface area contributed by atoms with Gasteiger partial charge in [0.15, 0.2) is 0 Å². The fraction of sp³-hybridized carbons (Fsp3) is 0.128. The Hall–Kier alpha value is -5.62. The fourth-order valence-corrected chi connectivity index (χ4v) is 6.69. The second-order valence-corrected chi connectivity index (χ2v) is 11.5. The number of anilines is 1.